The number of nitriles is 1. The molecule has 4 nitrogen and oxygen atoms in total. The van der Waals surface area contributed by atoms with Crippen LogP contribution in [0.1, 0.15) is 16.1 Å². The molecule has 0 amide bonds. The molecule has 0 saturated heterocycles. The predicted molar refractivity (Wildman–Crippen MR) is 43.3 cm³/mol. The predicted octanol–water partition coefficient (Wildman–Crippen LogP) is 1.31. The number of aromatic carboxylic acids is 1. The zero-order valence-corrected chi connectivity index (χ0v) is 6.68. The van der Waals surface area contributed by atoms with Crippen molar-refractivity contribution in [2.45, 2.75) is 0 Å². The zero-order valence-electron chi connectivity index (χ0n) is 5.87. The molecule has 0 radical (unpaired) electrons. The third-order valence-electron chi connectivity index (χ3n) is 1.25. The van der Waals surface area contributed by atoms with E-state index in [2.05, 4.69) is 4.98 Å². The molecule has 0 bridgehead atoms. The third kappa shape index (κ3) is 1.49. The number of rotatable bonds is 1. The minimum absolute atomic E-state index is 0.0797. The van der Waals surface area contributed by atoms with Crippen LogP contribution in [0.25, 0.3) is 0 Å². The number of hydrogen-bond acceptors (Lipinski definition) is 3. The summed E-state index contributed by atoms with van der Waals surface area (Å²) in [6.45, 7) is 0. The van der Waals surface area contributed by atoms with Crippen molar-refractivity contribution in [2.24, 2.45) is 0 Å². The van der Waals surface area contributed by atoms with Gasteiger partial charge >= 0.3 is 5.97 Å². The average molecular weight is 180 g/mol. The summed E-state index contributed by atoms with van der Waals surface area (Å²) in [4.78, 5) is 12.9. The first-order chi connectivity index (χ1) is 5.65. The fraction of sp³-hybridized carbons (Fsp3) is 0. The van der Waals surface area contributed by atoms with E-state index < -0.39 is 5.97 Å². The van der Waals surface area contributed by atoms with E-state index in [-0.39, 0.29) is 11.3 Å². The Labute approximate surface area is 73.1 Å². The number of hydrogen-bond donors (Lipinski definition) is 2. The normalized spacial score (nSPS) is 8.92. The summed E-state index contributed by atoms with van der Waals surface area (Å²) < 4.78 is 0.298. The van der Waals surface area contributed by atoms with Crippen LogP contribution in [0.5, 0.6) is 0 Å². The largest absolute Gasteiger partial charge is 0.477 e. The van der Waals surface area contributed by atoms with Crippen LogP contribution in [-0.4, -0.2) is 16.1 Å². The van der Waals surface area contributed by atoms with Crippen LogP contribution in [-0.2, 0) is 0 Å². The summed E-state index contributed by atoms with van der Waals surface area (Å²) in [5.74, 6) is -1.18. The van der Waals surface area contributed by atoms with Crippen LogP contribution in [0.2, 0.25) is 0 Å². The van der Waals surface area contributed by atoms with Gasteiger partial charge in [0.2, 0.25) is 0 Å². The lowest BCUT2D eigenvalue weighted by atomic mass is 10.2. The highest BCUT2D eigenvalue weighted by Crippen LogP contribution is 2.03. The van der Waals surface area contributed by atoms with E-state index in [0.29, 0.717) is 4.64 Å². The number of carbonyl (C=O) groups is 1. The number of aromatic nitrogens is 1. The van der Waals surface area contributed by atoms with Crippen LogP contribution in [0, 0.1) is 16.0 Å². The van der Waals surface area contributed by atoms with Crippen molar-refractivity contribution in [3.8, 4) is 6.07 Å². The number of nitrogens with one attached hydrogen (secondary N) is 1. The summed E-state index contributed by atoms with van der Waals surface area (Å²) in [7, 11) is 0. The van der Waals surface area contributed by atoms with E-state index in [1.54, 1.807) is 6.07 Å². The average Bonchev–Trinajstić information content (AvgIpc) is 2.04. The van der Waals surface area contributed by atoms with E-state index in [0.717, 1.165) is 0 Å². The van der Waals surface area contributed by atoms with Gasteiger partial charge in [-0.1, -0.05) is 12.2 Å². The quantitative estimate of drug-likeness (QED) is 0.639. The Hall–Kier alpha value is -1.67. The minimum Gasteiger partial charge on any atom is -0.477 e. The van der Waals surface area contributed by atoms with E-state index >= 15 is 0 Å². The molecule has 0 aromatic carbocycles. The first-order valence-corrected chi connectivity index (χ1v) is 3.42. The lowest BCUT2D eigenvalue weighted by Gasteiger charge is -1.95. The van der Waals surface area contributed by atoms with Gasteiger partial charge in [0.1, 0.15) is 16.4 Å². The van der Waals surface area contributed by atoms with Gasteiger partial charge in [-0.25, -0.2) is 4.79 Å². The minimum atomic E-state index is -1.18. The number of pyridine rings is 1. The topological polar surface area (TPSA) is 76.9 Å². The van der Waals surface area contributed by atoms with Crippen molar-refractivity contribution >= 4 is 18.2 Å². The molecule has 1 rings (SSSR count). The summed E-state index contributed by atoms with van der Waals surface area (Å²) in [6, 6.07) is 4.60. The van der Waals surface area contributed by atoms with Gasteiger partial charge in [-0.2, -0.15) is 5.26 Å². The number of carboxylic acid groups (broad SMARTS) is 1. The van der Waals surface area contributed by atoms with E-state index in [1.807, 2.05) is 0 Å². The first kappa shape index (κ1) is 8.43. The summed E-state index contributed by atoms with van der Waals surface area (Å²) in [6.07, 6.45) is 0. The Morgan fingerprint density at radius 1 is 1.67 bits per heavy atom. The van der Waals surface area contributed by atoms with Gasteiger partial charge in [-0.05, 0) is 12.1 Å². The molecule has 0 aliphatic carbocycles. The van der Waals surface area contributed by atoms with Crippen LogP contribution < -0.4 is 0 Å². The van der Waals surface area contributed by atoms with Crippen molar-refractivity contribution in [3.63, 3.8) is 0 Å². The molecule has 60 valence electrons. The molecule has 0 fully saturated rings. The van der Waals surface area contributed by atoms with Gasteiger partial charge in [0.15, 0.2) is 0 Å². The highest BCUT2D eigenvalue weighted by Gasteiger charge is 2.08. The van der Waals surface area contributed by atoms with Crippen molar-refractivity contribution in [1.82, 2.24) is 4.98 Å². The number of aromatic amines is 1. The second-order valence-corrected chi connectivity index (χ2v) is 2.47. The molecule has 0 aliphatic heterocycles. The van der Waals surface area contributed by atoms with Gasteiger partial charge in [-0.3, -0.25) is 0 Å². The van der Waals surface area contributed by atoms with Crippen molar-refractivity contribution in [3.05, 3.63) is 28.0 Å². The molecule has 1 heterocycles. The fourth-order valence-corrected chi connectivity index (χ4v) is 0.906. The maximum absolute atomic E-state index is 10.5. The Morgan fingerprint density at radius 2 is 2.33 bits per heavy atom. The van der Waals surface area contributed by atoms with Gasteiger partial charge in [0.05, 0.1) is 5.56 Å². The molecule has 1 aromatic heterocycles. The Bertz CT molecular complexity index is 416. The zero-order chi connectivity index (χ0) is 9.14. The molecule has 0 saturated carbocycles. The van der Waals surface area contributed by atoms with E-state index in [9.17, 15) is 4.79 Å². The summed E-state index contributed by atoms with van der Waals surface area (Å²) in [5.41, 5.74) is -0.0823. The smallest absolute Gasteiger partial charge is 0.353 e. The Morgan fingerprint density at radius 3 is 2.83 bits per heavy atom. The SMILES string of the molecule is N#Cc1ccc(=S)[nH]c1C(=O)O. The lowest BCUT2D eigenvalue weighted by Crippen LogP contribution is -2.03. The van der Waals surface area contributed by atoms with Gasteiger partial charge in [-0.15, -0.1) is 0 Å². The molecule has 12 heavy (non-hydrogen) atoms. The van der Waals surface area contributed by atoms with Gasteiger partial charge in [0, 0.05) is 0 Å². The second kappa shape index (κ2) is 3.15. The summed E-state index contributed by atoms with van der Waals surface area (Å²) in [5, 5.41) is 17.1. The molecule has 0 unspecified atom stereocenters. The van der Waals surface area contributed by atoms with E-state index in [1.165, 1.54) is 12.1 Å². The molecule has 0 atom stereocenters. The van der Waals surface area contributed by atoms with Gasteiger partial charge < -0.3 is 10.1 Å². The van der Waals surface area contributed by atoms with Crippen molar-refractivity contribution < 1.29 is 9.90 Å². The number of H-pyrrole nitrogens is 1. The Balaban J connectivity index is 3.44. The first-order valence-electron chi connectivity index (χ1n) is 3.02. The lowest BCUT2D eigenvalue weighted by molar-refractivity contribution is 0.0690. The van der Waals surface area contributed by atoms with Crippen LogP contribution in [0.15, 0.2) is 12.1 Å². The molecule has 0 spiro atoms. The molecule has 1 aromatic rings. The number of nitrogens with zero attached hydrogens (tertiary/aromatic N) is 1. The standard InChI is InChI=1S/C7H4N2O2S/c8-3-4-1-2-5(12)9-6(4)7(10)11/h1-2H,(H,9,12)(H,10,11). The van der Waals surface area contributed by atoms with Crippen molar-refractivity contribution in [1.29, 1.82) is 5.26 Å². The highest BCUT2D eigenvalue weighted by molar-refractivity contribution is 7.71. The molecule has 5 heteroatoms. The second-order valence-electron chi connectivity index (χ2n) is 2.03. The molecule has 0 aliphatic rings. The van der Waals surface area contributed by atoms with Crippen LogP contribution >= 0.6 is 12.2 Å². The summed E-state index contributed by atoms with van der Waals surface area (Å²) >= 11 is 4.70. The third-order valence-corrected chi connectivity index (χ3v) is 1.49. The highest BCUT2D eigenvalue weighted by atomic mass is 32.1. The van der Waals surface area contributed by atoms with E-state index in [4.69, 9.17) is 22.6 Å². The van der Waals surface area contributed by atoms with Crippen LogP contribution in [0.4, 0.5) is 0 Å². The molecular formula is C7H4N2O2S. The van der Waals surface area contributed by atoms with Crippen LogP contribution in [0.3, 0.4) is 0 Å². The monoisotopic (exact) mass is 180 g/mol. The fourth-order valence-electron chi connectivity index (χ4n) is 0.736. The Kier molecular flexibility index (Phi) is 2.21. The van der Waals surface area contributed by atoms with Crippen molar-refractivity contribution in [2.75, 3.05) is 0 Å². The molecular weight excluding hydrogens is 176 g/mol. The maximum Gasteiger partial charge on any atom is 0.353 e. The van der Waals surface area contributed by atoms with Gasteiger partial charge in [0.25, 0.3) is 0 Å². The molecule has 2 N–H and O–H groups in total. The number of carboxylic acids is 1. The maximum atomic E-state index is 10.5.